The Morgan fingerprint density at radius 3 is 2.64 bits per heavy atom. The molecule has 0 unspecified atom stereocenters. The van der Waals surface area contributed by atoms with Crippen LogP contribution < -0.4 is 11.5 Å². The second kappa shape index (κ2) is 3.51. The highest BCUT2D eigenvalue weighted by Gasteiger charge is 2.31. The summed E-state index contributed by atoms with van der Waals surface area (Å²) in [5, 5.41) is 0. The fourth-order valence-electron chi connectivity index (χ4n) is 1.59. The third-order valence-corrected chi connectivity index (χ3v) is 3.27. The normalized spacial score (nSPS) is 18.2. The second-order valence-corrected chi connectivity index (χ2v) is 4.61. The molecule has 0 saturated heterocycles. The Labute approximate surface area is 90.6 Å². The van der Waals surface area contributed by atoms with Gasteiger partial charge in [0.2, 0.25) is 0 Å². The van der Waals surface area contributed by atoms with Gasteiger partial charge in [0.1, 0.15) is 5.82 Å². The van der Waals surface area contributed by atoms with Crippen LogP contribution in [0, 0.1) is 11.7 Å². The molecule has 76 valence electrons. The number of anilines is 1. The average Bonchev–Trinajstić information content (AvgIpc) is 2.93. The molecule has 0 aromatic heterocycles. The van der Waals surface area contributed by atoms with E-state index in [0.29, 0.717) is 16.1 Å². The molecular weight excluding hydrogens is 247 g/mol. The van der Waals surface area contributed by atoms with Crippen molar-refractivity contribution in [3.63, 3.8) is 0 Å². The van der Waals surface area contributed by atoms with Gasteiger partial charge in [-0.3, -0.25) is 0 Å². The first kappa shape index (κ1) is 9.93. The largest absolute Gasteiger partial charge is 0.398 e. The van der Waals surface area contributed by atoms with Crippen molar-refractivity contribution in [2.45, 2.75) is 18.9 Å². The van der Waals surface area contributed by atoms with Gasteiger partial charge in [-0.15, -0.1) is 0 Å². The molecule has 0 heterocycles. The van der Waals surface area contributed by atoms with E-state index in [0.717, 1.165) is 18.4 Å². The maximum absolute atomic E-state index is 13.1. The summed E-state index contributed by atoms with van der Waals surface area (Å²) in [7, 11) is 0. The number of nitrogens with two attached hydrogens (primary N) is 2. The van der Waals surface area contributed by atoms with Crippen LogP contribution in [0.5, 0.6) is 0 Å². The summed E-state index contributed by atoms with van der Waals surface area (Å²) in [5.41, 5.74) is 13.1. The number of hydrogen-bond acceptors (Lipinski definition) is 2. The van der Waals surface area contributed by atoms with Crippen LogP contribution in [0.3, 0.4) is 0 Å². The van der Waals surface area contributed by atoms with Gasteiger partial charge in [0.15, 0.2) is 0 Å². The van der Waals surface area contributed by atoms with Crippen LogP contribution in [0.4, 0.5) is 10.1 Å². The van der Waals surface area contributed by atoms with Crippen LogP contribution in [0.1, 0.15) is 24.4 Å². The van der Waals surface area contributed by atoms with E-state index in [9.17, 15) is 4.39 Å². The van der Waals surface area contributed by atoms with Crippen molar-refractivity contribution < 1.29 is 4.39 Å². The molecule has 0 aliphatic heterocycles. The third-order valence-electron chi connectivity index (χ3n) is 2.62. The van der Waals surface area contributed by atoms with E-state index in [-0.39, 0.29) is 11.9 Å². The molecule has 1 aromatic rings. The van der Waals surface area contributed by atoms with E-state index in [4.69, 9.17) is 11.5 Å². The smallest absolute Gasteiger partial charge is 0.124 e. The minimum absolute atomic E-state index is 0.123. The molecule has 1 aromatic carbocycles. The first-order valence-electron chi connectivity index (χ1n) is 4.59. The molecule has 2 rings (SSSR count). The molecule has 4 heteroatoms. The van der Waals surface area contributed by atoms with Gasteiger partial charge in [0.05, 0.1) is 5.69 Å². The highest BCUT2D eigenvalue weighted by molar-refractivity contribution is 9.10. The minimum Gasteiger partial charge on any atom is -0.398 e. The maximum Gasteiger partial charge on any atom is 0.124 e. The van der Waals surface area contributed by atoms with Gasteiger partial charge in [0, 0.05) is 10.5 Å². The van der Waals surface area contributed by atoms with Gasteiger partial charge in [0.25, 0.3) is 0 Å². The van der Waals surface area contributed by atoms with E-state index >= 15 is 0 Å². The van der Waals surface area contributed by atoms with Crippen molar-refractivity contribution >= 4 is 21.6 Å². The summed E-state index contributed by atoms with van der Waals surface area (Å²) in [6.07, 6.45) is 2.24. The quantitative estimate of drug-likeness (QED) is 0.802. The lowest BCUT2D eigenvalue weighted by atomic mass is 10.0. The molecule has 2 nitrogen and oxygen atoms in total. The number of halogens is 2. The zero-order valence-corrected chi connectivity index (χ0v) is 9.22. The zero-order valence-electron chi connectivity index (χ0n) is 7.63. The monoisotopic (exact) mass is 258 g/mol. The van der Waals surface area contributed by atoms with E-state index < -0.39 is 0 Å². The fraction of sp³-hybridized carbons (Fsp3) is 0.400. The summed E-state index contributed by atoms with van der Waals surface area (Å²) in [4.78, 5) is 0. The number of hydrogen-bond donors (Lipinski definition) is 2. The number of benzene rings is 1. The van der Waals surface area contributed by atoms with Crippen LogP contribution in [0.2, 0.25) is 0 Å². The predicted octanol–water partition coefficient (Wildman–Crippen LogP) is 2.58. The van der Waals surface area contributed by atoms with E-state index in [1.807, 2.05) is 0 Å². The number of rotatable bonds is 2. The van der Waals surface area contributed by atoms with Gasteiger partial charge in [-0.1, -0.05) is 0 Å². The number of nitrogen functional groups attached to an aromatic ring is 1. The molecule has 0 bridgehead atoms. The topological polar surface area (TPSA) is 52.0 Å². The predicted molar refractivity (Wildman–Crippen MR) is 58.2 cm³/mol. The molecule has 1 atom stereocenters. The summed E-state index contributed by atoms with van der Waals surface area (Å²) < 4.78 is 13.7. The lowest BCUT2D eigenvalue weighted by Crippen LogP contribution is -2.15. The van der Waals surface area contributed by atoms with Crippen molar-refractivity contribution in [1.82, 2.24) is 0 Å². The Balaban J connectivity index is 2.39. The summed E-state index contributed by atoms with van der Waals surface area (Å²) in [6.45, 7) is 0. The molecule has 0 spiro atoms. The highest BCUT2D eigenvalue weighted by Crippen LogP contribution is 2.42. The van der Waals surface area contributed by atoms with Crippen LogP contribution in [-0.4, -0.2) is 0 Å². The standard InChI is InChI=1S/C10H12BrFN2/c11-8-4-6(12)3-7(10(8)14)9(13)5-1-2-5/h3-5,9H,1-2,13-14H2/t9-/m0/s1. The average molecular weight is 259 g/mol. The summed E-state index contributed by atoms with van der Waals surface area (Å²) in [6, 6.07) is 2.67. The van der Waals surface area contributed by atoms with Gasteiger partial charge in [-0.25, -0.2) is 4.39 Å². The maximum atomic E-state index is 13.1. The summed E-state index contributed by atoms with van der Waals surface area (Å²) >= 11 is 3.21. The SMILES string of the molecule is Nc1c(Br)cc(F)cc1[C@@H](N)C1CC1. The van der Waals surface area contributed by atoms with E-state index in [2.05, 4.69) is 15.9 Å². The van der Waals surface area contributed by atoms with Crippen molar-refractivity contribution in [3.05, 3.63) is 28.0 Å². The van der Waals surface area contributed by atoms with Crippen molar-refractivity contribution in [3.8, 4) is 0 Å². The molecule has 1 aliphatic carbocycles. The fourth-order valence-corrected chi connectivity index (χ4v) is 2.04. The van der Waals surface area contributed by atoms with Crippen LogP contribution in [0.25, 0.3) is 0 Å². The second-order valence-electron chi connectivity index (χ2n) is 3.75. The van der Waals surface area contributed by atoms with Gasteiger partial charge < -0.3 is 11.5 Å². The van der Waals surface area contributed by atoms with Gasteiger partial charge in [-0.05, 0) is 52.4 Å². The molecule has 1 saturated carbocycles. The van der Waals surface area contributed by atoms with Crippen LogP contribution in [-0.2, 0) is 0 Å². The molecular formula is C10H12BrFN2. The zero-order chi connectivity index (χ0) is 10.3. The Morgan fingerprint density at radius 2 is 2.07 bits per heavy atom. The third kappa shape index (κ3) is 1.77. The molecule has 4 N–H and O–H groups in total. The Bertz CT molecular complexity index is 363. The molecule has 1 fully saturated rings. The van der Waals surface area contributed by atoms with E-state index in [1.165, 1.54) is 12.1 Å². The van der Waals surface area contributed by atoms with Crippen molar-refractivity contribution in [2.24, 2.45) is 11.7 Å². The highest BCUT2D eigenvalue weighted by atomic mass is 79.9. The minimum atomic E-state index is -0.294. The van der Waals surface area contributed by atoms with Crippen molar-refractivity contribution in [1.29, 1.82) is 0 Å². The molecule has 0 amide bonds. The van der Waals surface area contributed by atoms with E-state index in [1.54, 1.807) is 0 Å². The Kier molecular flexibility index (Phi) is 2.49. The van der Waals surface area contributed by atoms with Gasteiger partial charge in [-0.2, -0.15) is 0 Å². The van der Waals surface area contributed by atoms with Crippen LogP contribution >= 0.6 is 15.9 Å². The first-order chi connectivity index (χ1) is 6.59. The molecule has 14 heavy (non-hydrogen) atoms. The molecule has 0 radical (unpaired) electrons. The molecule has 1 aliphatic rings. The Morgan fingerprint density at radius 1 is 1.43 bits per heavy atom. The lowest BCUT2D eigenvalue weighted by Gasteiger charge is -2.14. The lowest BCUT2D eigenvalue weighted by molar-refractivity contribution is 0.602. The van der Waals surface area contributed by atoms with Crippen LogP contribution in [0.15, 0.2) is 16.6 Å². The Hall–Kier alpha value is -0.610. The van der Waals surface area contributed by atoms with Crippen molar-refractivity contribution in [2.75, 3.05) is 5.73 Å². The summed E-state index contributed by atoms with van der Waals surface area (Å²) in [5.74, 6) is 0.183. The first-order valence-corrected chi connectivity index (χ1v) is 5.39. The van der Waals surface area contributed by atoms with Gasteiger partial charge >= 0.3 is 0 Å².